The van der Waals surface area contributed by atoms with E-state index in [0.717, 1.165) is 5.92 Å². The Bertz CT molecular complexity index is 196. The lowest BCUT2D eigenvalue weighted by atomic mass is 9.97. The molecule has 0 radical (unpaired) electrons. The lowest BCUT2D eigenvalue weighted by Gasteiger charge is -2.29. The molecule has 2 rings (SSSR count). The van der Waals surface area contributed by atoms with E-state index in [0.29, 0.717) is 4.75 Å². The van der Waals surface area contributed by atoms with Crippen molar-refractivity contribution in [3.63, 3.8) is 0 Å². The fourth-order valence-corrected chi connectivity index (χ4v) is 3.12. The van der Waals surface area contributed by atoms with Gasteiger partial charge in [0.1, 0.15) is 0 Å². The predicted octanol–water partition coefficient (Wildman–Crippen LogP) is 1.81. The fraction of sp³-hybridized carbons (Fsp3) is 1.00. The van der Waals surface area contributed by atoms with Crippen LogP contribution in [0.25, 0.3) is 0 Å². The minimum atomic E-state index is 0.630. The maximum Gasteiger partial charge on any atom is 0.0282 e. The molecule has 0 unspecified atom stereocenters. The van der Waals surface area contributed by atoms with Gasteiger partial charge in [-0.05, 0) is 64.5 Å². The second-order valence-electron chi connectivity index (χ2n) is 5.26. The molecule has 0 atom stereocenters. The van der Waals surface area contributed by atoms with Crippen LogP contribution in [0.2, 0.25) is 0 Å². The summed E-state index contributed by atoms with van der Waals surface area (Å²) >= 11 is 2.05. The lowest BCUT2D eigenvalue weighted by Crippen LogP contribution is -2.37. The zero-order valence-corrected chi connectivity index (χ0v) is 10.9. The number of nitrogens with zero attached hydrogens (tertiary/aromatic N) is 1. The maximum atomic E-state index is 3.68. The molecular weight excluding hydrogens is 204 g/mol. The SMILES string of the molecule is CSC1(CNCC2CCN(C)CC2)CC1. The molecule has 2 fully saturated rings. The zero-order chi connectivity index (χ0) is 10.7. The van der Waals surface area contributed by atoms with E-state index in [-0.39, 0.29) is 0 Å². The van der Waals surface area contributed by atoms with Gasteiger partial charge in [0.05, 0.1) is 0 Å². The molecule has 0 amide bonds. The van der Waals surface area contributed by atoms with E-state index in [1.807, 2.05) is 0 Å². The molecule has 15 heavy (non-hydrogen) atoms. The maximum absolute atomic E-state index is 3.68. The van der Waals surface area contributed by atoms with Crippen molar-refractivity contribution in [1.29, 1.82) is 0 Å². The highest BCUT2D eigenvalue weighted by atomic mass is 32.2. The summed E-state index contributed by atoms with van der Waals surface area (Å²) in [5.74, 6) is 0.929. The van der Waals surface area contributed by atoms with E-state index in [4.69, 9.17) is 0 Å². The Labute approximate surface area is 98.2 Å². The molecule has 0 aromatic heterocycles. The Morgan fingerprint density at radius 3 is 2.53 bits per heavy atom. The first-order valence-electron chi connectivity index (χ1n) is 6.18. The molecule has 88 valence electrons. The Kier molecular flexibility index (Phi) is 3.97. The van der Waals surface area contributed by atoms with Crippen LogP contribution < -0.4 is 5.32 Å². The van der Waals surface area contributed by atoms with E-state index in [9.17, 15) is 0 Å². The van der Waals surface area contributed by atoms with E-state index < -0.39 is 0 Å². The average Bonchev–Trinajstić information content (AvgIpc) is 3.02. The first-order valence-corrected chi connectivity index (χ1v) is 7.41. The number of hydrogen-bond donors (Lipinski definition) is 1. The van der Waals surface area contributed by atoms with Crippen LogP contribution in [0.1, 0.15) is 25.7 Å². The third kappa shape index (κ3) is 3.36. The van der Waals surface area contributed by atoms with Crippen LogP contribution in [0, 0.1) is 5.92 Å². The minimum Gasteiger partial charge on any atom is -0.315 e. The van der Waals surface area contributed by atoms with Gasteiger partial charge >= 0.3 is 0 Å². The molecule has 1 saturated carbocycles. The molecule has 2 aliphatic rings. The third-order valence-corrected chi connectivity index (χ3v) is 5.38. The van der Waals surface area contributed by atoms with Crippen molar-refractivity contribution < 1.29 is 0 Å². The molecular formula is C12H24N2S. The highest BCUT2D eigenvalue weighted by Gasteiger charge is 2.41. The molecule has 0 aromatic rings. The first-order chi connectivity index (χ1) is 7.24. The zero-order valence-electron chi connectivity index (χ0n) is 10.1. The smallest absolute Gasteiger partial charge is 0.0282 e. The second kappa shape index (κ2) is 5.07. The predicted molar refractivity (Wildman–Crippen MR) is 68.6 cm³/mol. The van der Waals surface area contributed by atoms with Gasteiger partial charge in [0, 0.05) is 11.3 Å². The van der Waals surface area contributed by atoms with Crippen LogP contribution in [-0.4, -0.2) is 49.1 Å². The summed E-state index contributed by atoms with van der Waals surface area (Å²) in [6.45, 7) is 5.07. The first kappa shape index (κ1) is 11.7. The van der Waals surface area contributed by atoms with Crippen molar-refractivity contribution in [2.45, 2.75) is 30.4 Å². The molecule has 0 aromatic carbocycles. The Hall–Kier alpha value is 0.270. The van der Waals surface area contributed by atoms with Crippen LogP contribution >= 0.6 is 11.8 Å². The third-order valence-electron chi connectivity index (χ3n) is 3.96. The van der Waals surface area contributed by atoms with Crippen LogP contribution in [0.4, 0.5) is 0 Å². The quantitative estimate of drug-likeness (QED) is 0.773. The van der Waals surface area contributed by atoms with E-state index in [1.165, 1.54) is 51.9 Å². The molecule has 1 heterocycles. The number of thioether (sulfide) groups is 1. The molecule has 3 heteroatoms. The molecule has 0 bridgehead atoms. The summed E-state index contributed by atoms with van der Waals surface area (Å²) in [6.07, 6.45) is 7.87. The number of hydrogen-bond acceptors (Lipinski definition) is 3. The molecule has 0 spiro atoms. The fourth-order valence-electron chi connectivity index (χ4n) is 2.36. The topological polar surface area (TPSA) is 15.3 Å². The van der Waals surface area contributed by atoms with Crippen molar-refractivity contribution in [1.82, 2.24) is 10.2 Å². The number of piperidine rings is 1. The largest absolute Gasteiger partial charge is 0.315 e. The Morgan fingerprint density at radius 1 is 1.33 bits per heavy atom. The standard InChI is InChI=1S/C12H24N2S/c1-14-7-3-11(4-8-14)9-13-10-12(15-2)5-6-12/h11,13H,3-10H2,1-2H3. The van der Waals surface area contributed by atoms with Crippen LogP contribution in [0.15, 0.2) is 0 Å². The Morgan fingerprint density at radius 2 is 2.00 bits per heavy atom. The summed E-state index contributed by atoms with van der Waals surface area (Å²) in [4.78, 5) is 2.45. The van der Waals surface area contributed by atoms with Crippen molar-refractivity contribution in [2.75, 3.05) is 39.5 Å². The molecule has 1 aliphatic heterocycles. The van der Waals surface area contributed by atoms with Gasteiger partial charge in [-0.2, -0.15) is 11.8 Å². The van der Waals surface area contributed by atoms with Crippen molar-refractivity contribution in [3.8, 4) is 0 Å². The van der Waals surface area contributed by atoms with Crippen LogP contribution in [0.3, 0.4) is 0 Å². The minimum absolute atomic E-state index is 0.630. The summed E-state index contributed by atoms with van der Waals surface area (Å²) in [6, 6.07) is 0. The molecule has 1 saturated heterocycles. The molecule has 1 aliphatic carbocycles. The van der Waals surface area contributed by atoms with E-state index in [2.05, 4.69) is 35.3 Å². The van der Waals surface area contributed by atoms with Crippen molar-refractivity contribution >= 4 is 11.8 Å². The van der Waals surface area contributed by atoms with Gasteiger partial charge in [-0.25, -0.2) is 0 Å². The number of rotatable bonds is 5. The van der Waals surface area contributed by atoms with E-state index in [1.54, 1.807) is 0 Å². The molecule has 2 nitrogen and oxygen atoms in total. The summed E-state index contributed by atoms with van der Waals surface area (Å²) in [7, 11) is 2.23. The number of nitrogens with one attached hydrogen (secondary N) is 1. The highest BCUT2D eigenvalue weighted by Crippen LogP contribution is 2.46. The Balaban J connectivity index is 1.58. The monoisotopic (exact) mass is 228 g/mol. The lowest BCUT2D eigenvalue weighted by molar-refractivity contribution is 0.216. The summed E-state index contributed by atoms with van der Waals surface area (Å²) in [5.41, 5.74) is 0. The van der Waals surface area contributed by atoms with Gasteiger partial charge in [0.2, 0.25) is 0 Å². The summed E-state index contributed by atoms with van der Waals surface area (Å²) < 4.78 is 0.630. The molecule has 1 N–H and O–H groups in total. The van der Waals surface area contributed by atoms with Gasteiger partial charge in [-0.15, -0.1) is 0 Å². The van der Waals surface area contributed by atoms with E-state index >= 15 is 0 Å². The normalized spacial score (nSPS) is 26.8. The van der Waals surface area contributed by atoms with Gasteiger partial charge in [0.15, 0.2) is 0 Å². The van der Waals surface area contributed by atoms with Gasteiger partial charge in [-0.1, -0.05) is 0 Å². The van der Waals surface area contributed by atoms with Crippen LogP contribution in [-0.2, 0) is 0 Å². The number of likely N-dealkylation sites (tertiary alicyclic amines) is 1. The highest BCUT2D eigenvalue weighted by molar-refractivity contribution is 8.00. The van der Waals surface area contributed by atoms with Crippen LogP contribution in [0.5, 0.6) is 0 Å². The van der Waals surface area contributed by atoms with Crippen molar-refractivity contribution in [2.24, 2.45) is 5.92 Å². The van der Waals surface area contributed by atoms with Crippen molar-refractivity contribution in [3.05, 3.63) is 0 Å². The van der Waals surface area contributed by atoms with Gasteiger partial charge < -0.3 is 10.2 Å². The second-order valence-corrected chi connectivity index (χ2v) is 6.54. The van der Waals surface area contributed by atoms with Gasteiger partial charge in [0.25, 0.3) is 0 Å². The van der Waals surface area contributed by atoms with Gasteiger partial charge in [-0.3, -0.25) is 0 Å². The average molecular weight is 228 g/mol. The summed E-state index contributed by atoms with van der Waals surface area (Å²) in [5, 5.41) is 3.68.